The number of carboxylic acid groups (broad SMARTS) is 2. The number of carbonyl (C=O) groups is 4. The van der Waals surface area contributed by atoms with Crippen LogP contribution in [0.5, 0.6) is 0 Å². The summed E-state index contributed by atoms with van der Waals surface area (Å²) < 4.78 is 0. The number of hydrogen-bond acceptors (Lipinski definition) is 6. The molecule has 2 amide bonds. The first-order valence-electron chi connectivity index (χ1n) is 9.15. The van der Waals surface area contributed by atoms with Gasteiger partial charge in [0, 0.05) is 12.8 Å². The second-order valence-electron chi connectivity index (χ2n) is 6.29. The molecule has 0 unspecified atom stereocenters. The van der Waals surface area contributed by atoms with Crippen LogP contribution in [0.25, 0.3) is 0 Å². The van der Waals surface area contributed by atoms with Crippen LogP contribution in [0.4, 0.5) is 0 Å². The van der Waals surface area contributed by atoms with Crippen molar-refractivity contribution < 1.29 is 29.4 Å². The number of aromatic carboxylic acids is 2. The molecule has 0 aromatic heterocycles. The molecular weight excluding hydrogens is 404 g/mol. The monoisotopic (exact) mass is 424 g/mol. The Morgan fingerprint density at radius 3 is 1.35 bits per heavy atom. The third kappa shape index (κ3) is 8.28. The van der Waals surface area contributed by atoms with E-state index in [0.717, 1.165) is 0 Å². The van der Waals surface area contributed by atoms with E-state index in [-0.39, 0.29) is 35.8 Å². The van der Waals surface area contributed by atoms with Crippen LogP contribution in [-0.2, 0) is 9.59 Å². The standard InChI is InChI=1S/C21H20N4O6/c26-18(24-22-12-14-4-8-16(9-5-14)20(28)29)2-1-3-19(27)25-23-13-15-6-10-17(11-7-15)21(30)31/h4-13H,1-3H2,(H,24,26)(H,25,27)(H,28,29)(H,30,31)/b22-12+,23-13?. The third-order valence-electron chi connectivity index (χ3n) is 3.93. The minimum Gasteiger partial charge on any atom is -0.478 e. The fourth-order valence-corrected chi connectivity index (χ4v) is 2.30. The van der Waals surface area contributed by atoms with E-state index in [4.69, 9.17) is 10.2 Å². The van der Waals surface area contributed by atoms with Crippen LogP contribution in [0.15, 0.2) is 58.7 Å². The van der Waals surface area contributed by atoms with E-state index in [2.05, 4.69) is 21.1 Å². The molecule has 2 rings (SSSR count). The van der Waals surface area contributed by atoms with Gasteiger partial charge in [-0.25, -0.2) is 20.4 Å². The summed E-state index contributed by atoms with van der Waals surface area (Å²) in [5, 5.41) is 25.2. The normalized spacial score (nSPS) is 10.8. The molecule has 0 radical (unpaired) electrons. The summed E-state index contributed by atoms with van der Waals surface area (Å²) in [6.07, 6.45) is 3.23. The molecule has 0 bridgehead atoms. The minimum atomic E-state index is -1.03. The van der Waals surface area contributed by atoms with Gasteiger partial charge in [-0.1, -0.05) is 24.3 Å². The molecule has 0 heterocycles. The van der Waals surface area contributed by atoms with Gasteiger partial charge in [-0.15, -0.1) is 0 Å². The SMILES string of the molecule is O=C(CCCC(=O)N/N=C/c1ccc(C(=O)O)cc1)NN=Cc1ccc(C(=O)O)cc1. The van der Waals surface area contributed by atoms with E-state index in [1.807, 2.05) is 0 Å². The Morgan fingerprint density at radius 1 is 0.677 bits per heavy atom. The molecule has 2 aromatic carbocycles. The first kappa shape index (κ1) is 22.9. The lowest BCUT2D eigenvalue weighted by Gasteiger charge is -2.01. The number of hydrazone groups is 2. The van der Waals surface area contributed by atoms with Gasteiger partial charge in [-0.2, -0.15) is 10.2 Å². The molecule has 31 heavy (non-hydrogen) atoms. The summed E-state index contributed by atoms with van der Waals surface area (Å²) in [7, 11) is 0. The van der Waals surface area contributed by atoms with Crippen LogP contribution in [0.3, 0.4) is 0 Å². The van der Waals surface area contributed by atoms with Gasteiger partial charge in [0.05, 0.1) is 23.6 Å². The molecular formula is C21H20N4O6. The summed E-state index contributed by atoms with van der Waals surface area (Å²) in [6.45, 7) is 0. The summed E-state index contributed by atoms with van der Waals surface area (Å²) in [5.74, 6) is -2.79. The van der Waals surface area contributed by atoms with Crippen LogP contribution in [-0.4, -0.2) is 46.4 Å². The Morgan fingerprint density at radius 2 is 1.03 bits per heavy atom. The zero-order chi connectivity index (χ0) is 22.6. The average Bonchev–Trinajstić information content (AvgIpc) is 2.74. The van der Waals surface area contributed by atoms with Crippen molar-refractivity contribution >= 4 is 36.2 Å². The summed E-state index contributed by atoms with van der Waals surface area (Å²) in [6, 6.07) is 12.0. The Kier molecular flexibility index (Phi) is 8.59. The second-order valence-corrected chi connectivity index (χ2v) is 6.29. The van der Waals surface area contributed by atoms with Crippen molar-refractivity contribution in [3.63, 3.8) is 0 Å². The van der Waals surface area contributed by atoms with Crippen LogP contribution < -0.4 is 10.9 Å². The highest BCUT2D eigenvalue weighted by Crippen LogP contribution is 2.03. The number of carbonyl (C=O) groups excluding carboxylic acids is 2. The molecule has 0 fully saturated rings. The molecule has 0 saturated carbocycles. The number of nitrogens with one attached hydrogen (secondary N) is 2. The van der Waals surface area contributed by atoms with Gasteiger partial charge >= 0.3 is 11.9 Å². The lowest BCUT2D eigenvalue weighted by atomic mass is 10.1. The maximum Gasteiger partial charge on any atom is 0.335 e. The molecule has 0 saturated heterocycles. The molecule has 10 heteroatoms. The summed E-state index contributed by atoms with van der Waals surface area (Å²) >= 11 is 0. The average molecular weight is 424 g/mol. The molecule has 2 aromatic rings. The van der Waals surface area contributed by atoms with Crippen LogP contribution >= 0.6 is 0 Å². The molecule has 0 aliphatic carbocycles. The zero-order valence-corrected chi connectivity index (χ0v) is 16.3. The molecule has 0 spiro atoms. The van der Waals surface area contributed by atoms with E-state index in [9.17, 15) is 19.2 Å². The minimum absolute atomic E-state index is 0.0864. The zero-order valence-electron chi connectivity index (χ0n) is 16.3. The topological polar surface area (TPSA) is 158 Å². The number of rotatable bonds is 10. The summed E-state index contributed by atoms with van der Waals surface area (Å²) in [5.41, 5.74) is 6.22. The smallest absolute Gasteiger partial charge is 0.335 e. The molecule has 0 aliphatic heterocycles. The molecule has 0 atom stereocenters. The number of hydrogen-bond donors (Lipinski definition) is 4. The van der Waals surface area contributed by atoms with Gasteiger partial charge in [0.1, 0.15) is 0 Å². The van der Waals surface area contributed by atoms with Crippen molar-refractivity contribution in [2.45, 2.75) is 19.3 Å². The van der Waals surface area contributed by atoms with Crippen molar-refractivity contribution in [1.82, 2.24) is 10.9 Å². The Labute approximate surface area is 177 Å². The third-order valence-corrected chi connectivity index (χ3v) is 3.93. The maximum absolute atomic E-state index is 11.7. The van der Waals surface area contributed by atoms with Crippen molar-refractivity contribution in [3.05, 3.63) is 70.8 Å². The van der Waals surface area contributed by atoms with Crippen molar-refractivity contribution in [2.24, 2.45) is 10.2 Å². The number of carboxylic acids is 2. The molecule has 160 valence electrons. The van der Waals surface area contributed by atoms with E-state index in [1.165, 1.54) is 36.7 Å². The highest BCUT2D eigenvalue weighted by molar-refractivity contribution is 5.90. The van der Waals surface area contributed by atoms with Gasteiger partial charge in [-0.05, 0) is 41.8 Å². The molecule has 4 N–H and O–H groups in total. The highest BCUT2D eigenvalue weighted by atomic mass is 16.4. The highest BCUT2D eigenvalue weighted by Gasteiger charge is 2.05. The lowest BCUT2D eigenvalue weighted by molar-refractivity contribution is -0.122. The predicted octanol–water partition coefficient (Wildman–Crippen LogP) is 1.85. The quantitative estimate of drug-likeness (QED) is 0.337. The fraction of sp³-hybridized carbons (Fsp3) is 0.143. The Hall–Kier alpha value is -4.34. The van der Waals surface area contributed by atoms with Crippen LogP contribution in [0.1, 0.15) is 51.1 Å². The van der Waals surface area contributed by atoms with E-state index in [0.29, 0.717) is 17.5 Å². The number of benzene rings is 2. The molecule has 0 aliphatic rings. The van der Waals surface area contributed by atoms with Crippen LogP contribution in [0, 0.1) is 0 Å². The van der Waals surface area contributed by atoms with E-state index in [1.54, 1.807) is 24.3 Å². The van der Waals surface area contributed by atoms with Gasteiger partial charge in [0.15, 0.2) is 0 Å². The van der Waals surface area contributed by atoms with Crippen molar-refractivity contribution in [1.29, 1.82) is 0 Å². The Bertz CT molecular complexity index is 916. The summed E-state index contributed by atoms with van der Waals surface area (Å²) in [4.78, 5) is 45.0. The number of amides is 2. The largest absolute Gasteiger partial charge is 0.478 e. The van der Waals surface area contributed by atoms with E-state index < -0.39 is 11.9 Å². The van der Waals surface area contributed by atoms with Crippen molar-refractivity contribution in [3.8, 4) is 0 Å². The first-order chi connectivity index (χ1) is 14.8. The Balaban J connectivity index is 1.65. The van der Waals surface area contributed by atoms with Gasteiger partial charge < -0.3 is 10.2 Å². The van der Waals surface area contributed by atoms with Gasteiger partial charge in [0.25, 0.3) is 0 Å². The lowest BCUT2D eigenvalue weighted by Crippen LogP contribution is -2.20. The van der Waals surface area contributed by atoms with Gasteiger partial charge in [0.2, 0.25) is 11.8 Å². The van der Waals surface area contributed by atoms with Crippen LogP contribution in [0.2, 0.25) is 0 Å². The van der Waals surface area contributed by atoms with Gasteiger partial charge in [-0.3, -0.25) is 9.59 Å². The maximum atomic E-state index is 11.7. The van der Waals surface area contributed by atoms with Crippen molar-refractivity contribution in [2.75, 3.05) is 0 Å². The number of nitrogens with zero attached hydrogens (tertiary/aromatic N) is 2. The van der Waals surface area contributed by atoms with E-state index >= 15 is 0 Å². The first-order valence-corrected chi connectivity index (χ1v) is 9.15. The molecule has 10 nitrogen and oxygen atoms in total. The fourth-order valence-electron chi connectivity index (χ4n) is 2.30. The predicted molar refractivity (Wildman–Crippen MR) is 112 cm³/mol. The second kappa shape index (κ2) is 11.6.